The van der Waals surface area contributed by atoms with E-state index in [4.69, 9.17) is 11.6 Å². The Bertz CT molecular complexity index is 798. The lowest BCUT2D eigenvalue weighted by Gasteiger charge is -2.26. The van der Waals surface area contributed by atoms with Gasteiger partial charge in [0.1, 0.15) is 0 Å². The van der Waals surface area contributed by atoms with Gasteiger partial charge in [0.25, 0.3) is 0 Å². The summed E-state index contributed by atoms with van der Waals surface area (Å²) in [6.07, 6.45) is 10.8. The van der Waals surface area contributed by atoms with Crippen LogP contribution in [0.25, 0.3) is 0 Å². The Balaban J connectivity index is 1.53. The van der Waals surface area contributed by atoms with Gasteiger partial charge in [0.05, 0.1) is 0 Å². The van der Waals surface area contributed by atoms with Crippen molar-refractivity contribution in [1.82, 2.24) is 0 Å². The standard InChI is InChI=1S/C27H33Cl/c1-3-5-7-21-10-15-24(16-11-21)25-17-12-22(13-18-25)8-9-23-14-19-26(6-4-2)27(28)20-23/h10-11,14-16,19-20,22,25H,3-7,12-13,17-18H2,1-2H3. The van der Waals surface area contributed by atoms with Crippen molar-refractivity contribution < 1.29 is 0 Å². The summed E-state index contributed by atoms with van der Waals surface area (Å²) in [7, 11) is 0. The summed E-state index contributed by atoms with van der Waals surface area (Å²) in [5, 5.41) is 0.861. The number of halogens is 1. The fraction of sp³-hybridized carbons (Fsp3) is 0.481. The molecule has 0 nitrogen and oxygen atoms in total. The third-order valence-electron chi connectivity index (χ3n) is 5.99. The van der Waals surface area contributed by atoms with Crippen LogP contribution in [0.1, 0.15) is 87.0 Å². The van der Waals surface area contributed by atoms with Gasteiger partial charge in [0.2, 0.25) is 0 Å². The van der Waals surface area contributed by atoms with Crippen molar-refractivity contribution in [1.29, 1.82) is 0 Å². The highest BCUT2D eigenvalue weighted by molar-refractivity contribution is 6.31. The van der Waals surface area contributed by atoms with Crippen LogP contribution >= 0.6 is 11.6 Å². The minimum absolute atomic E-state index is 0.522. The van der Waals surface area contributed by atoms with Crippen LogP contribution < -0.4 is 0 Å². The van der Waals surface area contributed by atoms with Crippen molar-refractivity contribution >= 4 is 11.6 Å². The molecule has 0 bridgehead atoms. The molecule has 2 aromatic carbocycles. The molecule has 148 valence electrons. The Morgan fingerprint density at radius 2 is 1.64 bits per heavy atom. The van der Waals surface area contributed by atoms with Gasteiger partial charge in [-0.3, -0.25) is 0 Å². The third kappa shape index (κ3) is 5.89. The molecule has 0 radical (unpaired) electrons. The number of aryl methyl sites for hydroxylation is 2. The normalized spacial score (nSPS) is 19.1. The second-order valence-electron chi connectivity index (χ2n) is 8.22. The maximum Gasteiger partial charge on any atom is 0.0450 e. The molecule has 0 aliphatic heterocycles. The maximum absolute atomic E-state index is 6.39. The molecule has 0 spiro atoms. The Morgan fingerprint density at radius 1 is 0.893 bits per heavy atom. The zero-order valence-electron chi connectivity index (χ0n) is 17.4. The smallest absolute Gasteiger partial charge is 0.0450 e. The quantitative estimate of drug-likeness (QED) is 0.437. The van der Waals surface area contributed by atoms with E-state index in [2.05, 4.69) is 62.1 Å². The number of hydrogen-bond acceptors (Lipinski definition) is 0. The van der Waals surface area contributed by atoms with Crippen molar-refractivity contribution in [2.45, 2.75) is 77.6 Å². The summed E-state index contributed by atoms with van der Waals surface area (Å²) in [6, 6.07) is 15.7. The van der Waals surface area contributed by atoms with Crippen LogP contribution in [0.15, 0.2) is 42.5 Å². The van der Waals surface area contributed by atoms with E-state index in [0.717, 1.165) is 23.4 Å². The summed E-state index contributed by atoms with van der Waals surface area (Å²) in [5.74, 6) is 8.12. The lowest BCUT2D eigenvalue weighted by Crippen LogP contribution is -2.12. The Morgan fingerprint density at radius 3 is 2.29 bits per heavy atom. The predicted molar refractivity (Wildman–Crippen MR) is 122 cm³/mol. The molecular formula is C27H33Cl. The monoisotopic (exact) mass is 392 g/mol. The summed E-state index contributed by atoms with van der Waals surface area (Å²) in [5.41, 5.74) is 5.28. The largest absolute Gasteiger partial charge is 0.0945 e. The van der Waals surface area contributed by atoms with Gasteiger partial charge >= 0.3 is 0 Å². The number of unbranched alkanes of at least 4 members (excludes halogenated alkanes) is 1. The first kappa shape index (κ1) is 21.0. The fourth-order valence-electron chi connectivity index (χ4n) is 4.19. The summed E-state index contributed by atoms with van der Waals surface area (Å²) in [6.45, 7) is 4.44. The Kier molecular flexibility index (Phi) is 8.05. The van der Waals surface area contributed by atoms with Crippen LogP contribution in [-0.2, 0) is 12.8 Å². The Hall–Kier alpha value is -1.71. The highest BCUT2D eigenvalue weighted by Gasteiger charge is 2.21. The van der Waals surface area contributed by atoms with E-state index in [1.807, 2.05) is 6.07 Å². The molecule has 0 amide bonds. The molecule has 0 saturated heterocycles. The second kappa shape index (κ2) is 10.7. The molecule has 2 aromatic rings. The van der Waals surface area contributed by atoms with Gasteiger partial charge in [0.15, 0.2) is 0 Å². The molecule has 1 heteroatoms. The van der Waals surface area contributed by atoms with Crippen LogP contribution in [0.3, 0.4) is 0 Å². The van der Waals surface area contributed by atoms with Crippen LogP contribution in [0.5, 0.6) is 0 Å². The first-order chi connectivity index (χ1) is 13.7. The van der Waals surface area contributed by atoms with Gasteiger partial charge in [-0.15, -0.1) is 0 Å². The molecule has 0 heterocycles. The van der Waals surface area contributed by atoms with E-state index in [0.29, 0.717) is 11.8 Å². The van der Waals surface area contributed by atoms with Crippen molar-refractivity contribution in [3.8, 4) is 11.8 Å². The van der Waals surface area contributed by atoms with Gasteiger partial charge in [0, 0.05) is 16.5 Å². The topological polar surface area (TPSA) is 0 Å². The van der Waals surface area contributed by atoms with E-state index in [1.54, 1.807) is 0 Å². The second-order valence-corrected chi connectivity index (χ2v) is 8.63. The summed E-state index contributed by atoms with van der Waals surface area (Å²) >= 11 is 6.39. The van der Waals surface area contributed by atoms with Gasteiger partial charge in [-0.05, 0) is 79.7 Å². The highest BCUT2D eigenvalue weighted by Crippen LogP contribution is 2.35. The van der Waals surface area contributed by atoms with Crippen LogP contribution in [0, 0.1) is 17.8 Å². The lowest BCUT2D eigenvalue weighted by molar-refractivity contribution is 0.384. The molecule has 28 heavy (non-hydrogen) atoms. The van der Waals surface area contributed by atoms with E-state index in [1.165, 1.54) is 61.6 Å². The molecule has 1 fully saturated rings. The predicted octanol–water partition coefficient (Wildman–Crippen LogP) is 7.96. The van der Waals surface area contributed by atoms with Crippen LogP contribution in [0.2, 0.25) is 5.02 Å². The van der Waals surface area contributed by atoms with Crippen LogP contribution in [-0.4, -0.2) is 0 Å². The molecular weight excluding hydrogens is 360 g/mol. The summed E-state index contributed by atoms with van der Waals surface area (Å²) < 4.78 is 0. The molecule has 3 rings (SSSR count). The zero-order valence-corrected chi connectivity index (χ0v) is 18.2. The van der Waals surface area contributed by atoms with Crippen molar-refractivity contribution in [2.24, 2.45) is 5.92 Å². The molecule has 0 aromatic heterocycles. The van der Waals surface area contributed by atoms with Crippen molar-refractivity contribution in [3.63, 3.8) is 0 Å². The average Bonchev–Trinajstić information content (AvgIpc) is 2.73. The molecule has 0 N–H and O–H groups in total. The highest BCUT2D eigenvalue weighted by atomic mass is 35.5. The van der Waals surface area contributed by atoms with Gasteiger partial charge in [-0.1, -0.05) is 80.5 Å². The molecule has 1 saturated carbocycles. The van der Waals surface area contributed by atoms with E-state index >= 15 is 0 Å². The average molecular weight is 393 g/mol. The molecule has 1 aliphatic rings. The van der Waals surface area contributed by atoms with Gasteiger partial charge in [-0.2, -0.15) is 0 Å². The SMILES string of the molecule is CCCCc1ccc(C2CCC(C#Cc3ccc(CCC)c(Cl)c3)CC2)cc1. The van der Waals surface area contributed by atoms with Gasteiger partial charge < -0.3 is 0 Å². The Labute approximate surface area is 176 Å². The molecule has 0 atom stereocenters. The minimum Gasteiger partial charge on any atom is -0.0945 e. The number of rotatable bonds is 6. The maximum atomic E-state index is 6.39. The zero-order chi connectivity index (χ0) is 19.8. The first-order valence-electron chi connectivity index (χ1n) is 11.1. The van der Waals surface area contributed by atoms with E-state index in [9.17, 15) is 0 Å². The number of benzene rings is 2. The van der Waals surface area contributed by atoms with Crippen LogP contribution in [0.4, 0.5) is 0 Å². The van der Waals surface area contributed by atoms with E-state index in [-0.39, 0.29) is 0 Å². The lowest BCUT2D eigenvalue weighted by atomic mass is 9.78. The third-order valence-corrected chi connectivity index (χ3v) is 6.34. The summed E-state index contributed by atoms with van der Waals surface area (Å²) in [4.78, 5) is 0. The van der Waals surface area contributed by atoms with Gasteiger partial charge in [-0.25, -0.2) is 0 Å². The van der Waals surface area contributed by atoms with Crippen molar-refractivity contribution in [2.75, 3.05) is 0 Å². The fourth-order valence-corrected chi connectivity index (χ4v) is 4.47. The number of hydrogen-bond donors (Lipinski definition) is 0. The first-order valence-corrected chi connectivity index (χ1v) is 11.5. The molecule has 0 unspecified atom stereocenters. The van der Waals surface area contributed by atoms with Crippen molar-refractivity contribution in [3.05, 3.63) is 69.7 Å². The van der Waals surface area contributed by atoms with E-state index < -0.39 is 0 Å². The minimum atomic E-state index is 0.522. The molecule has 1 aliphatic carbocycles.